The van der Waals surface area contributed by atoms with E-state index in [1.54, 1.807) is 0 Å². The van der Waals surface area contributed by atoms with Crippen molar-refractivity contribution in [2.75, 3.05) is 0 Å². The van der Waals surface area contributed by atoms with Gasteiger partial charge in [-0.05, 0) is 36.4 Å². The first kappa shape index (κ1) is 25.0. The van der Waals surface area contributed by atoms with Crippen molar-refractivity contribution in [2.45, 2.75) is 0 Å². The highest BCUT2D eigenvalue weighted by Gasteiger charge is 2.26. The topological polar surface area (TPSA) is 48.5 Å². The van der Waals surface area contributed by atoms with Gasteiger partial charge in [0.05, 0.1) is 38.8 Å². The van der Waals surface area contributed by atoms with E-state index < -0.39 is 0 Å². The number of benzene rings is 6. The number of pyridine rings is 1. The molecular formula is C41H25N5. The minimum Gasteiger partial charge on any atom is -0.307 e. The third kappa shape index (κ3) is 3.42. The van der Waals surface area contributed by atoms with Crippen molar-refractivity contribution < 1.29 is 0 Å². The van der Waals surface area contributed by atoms with Crippen LogP contribution < -0.4 is 0 Å². The lowest BCUT2D eigenvalue weighted by molar-refractivity contribution is 1.02. The van der Waals surface area contributed by atoms with Crippen molar-refractivity contribution >= 4 is 65.4 Å². The van der Waals surface area contributed by atoms with E-state index in [2.05, 4.69) is 137 Å². The Bertz CT molecular complexity index is 2790. The molecule has 0 aliphatic heterocycles. The summed E-state index contributed by atoms with van der Waals surface area (Å²) in [7, 11) is 0. The number of aromatic nitrogens is 5. The molecule has 0 N–H and O–H groups in total. The van der Waals surface area contributed by atoms with E-state index in [-0.39, 0.29) is 0 Å². The zero-order valence-corrected chi connectivity index (χ0v) is 24.7. The Morgan fingerprint density at radius 2 is 1.04 bits per heavy atom. The molecule has 0 radical (unpaired) electrons. The summed E-state index contributed by atoms with van der Waals surface area (Å²) in [5.74, 6) is 0.643. The zero-order valence-electron chi connectivity index (χ0n) is 24.7. The molecule has 6 aromatic carbocycles. The standard InChI is InChI=1S/C41H25N5/c1-3-14-26(15-4-1)37-28-18-7-10-22-32(28)43-41(44-37)46-34-24-12-8-19-29(34)35-31-21-13-25-42-38(31)40-36(39(35)46)30-20-9-11-23-33(30)45(40)27-16-5-2-6-17-27/h1-25H. The van der Waals surface area contributed by atoms with Gasteiger partial charge in [-0.2, -0.15) is 0 Å². The maximum atomic E-state index is 5.38. The molecule has 4 aromatic heterocycles. The SMILES string of the molecule is c1ccc(-c2nc(-n3c4ccccc4c4c5cccnc5c5c(c6ccccc6n5-c5ccccc5)c43)nc3ccccc23)cc1. The van der Waals surface area contributed by atoms with Crippen molar-refractivity contribution in [1.82, 2.24) is 24.1 Å². The number of nitrogens with zero attached hydrogens (tertiary/aromatic N) is 5. The van der Waals surface area contributed by atoms with Crippen LogP contribution in [0.3, 0.4) is 0 Å². The summed E-state index contributed by atoms with van der Waals surface area (Å²) in [4.78, 5) is 15.7. The third-order valence-electron chi connectivity index (χ3n) is 9.14. The van der Waals surface area contributed by atoms with Gasteiger partial charge in [0.25, 0.3) is 0 Å². The van der Waals surface area contributed by atoms with Gasteiger partial charge in [0, 0.05) is 49.8 Å². The van der Waals surface area contributed by atoms with Crippen molar-refractivity contribution in [3.63, 3.8) is 0 Å². The molecule has 46 heavy (non-hydrogen) atoms. The summed E-state index contributed by atoms with van der Waals surface area (Å²) >= 11 is 0. The van der Waals surface area contributed by atoms with Gasteiger partial charge in [0.2, 0.25) is 5.95 Å². The van der Waals surface area contributed by atoms with Gasteiger partial charge in [-0.15, -0.1) is 0 Å². The van der Waals surface area contributed by atoms with Gasteiger partial charge in [-0.25, -0.2) is 9.97 Å². The average molecular weight is 588 g/mol. The van der Waals surface area contributed by atoms with Crippen molar-refractivity contribution in [1.29, 1.82) is 0 Å². The highest BCUT2D eigenvalue weighted by atomic mass is 15.2. The van der Waals surface area contributed by atoms with Crippen LogP contribution in [0, 0.1) is 0 Å². The fraction of sp³-hybridized carbons (Fsp3) is 0. The lowest BCUT2D eigenvalue weighted by Crippen LogP contribution is -2.04. The quantitative estimate of drug-likeness (QED) is 0.207. The molecular weight excluding hydrogens is 562 g/mol. The van der Waals surface area contributed by atoms with Gasteiger partial charge >= 0.3 is 0 Å². The zero-order chi connectivity index (χ0) is 30.2. The molecule has 4 heterocycles. The summed E-state index contributed by atoms with van der Waals surface area (Å²) in [5.41, 5.74) is 9.28. The maximum absolute atomic E-state index is 5.38. The monoisotopic (exact) mass is 587 g/mol. The van der Waals surface area contributed by atoms with E-state index >= 15 is 0 Å². The Balaban J connectivity index is 1.48. The van der Waals surface area contributed by atoms with E-state index in [0.717, 1.165) is 82.4 Å². The first-order chi connectivity index (χ1) is 22.9. The first-order valence-corrected chi connectivity index (χ1v) is 15.5. The highest BCUT2D eigenvalue weighted by molar-refractivity contribution is 6.36. The average Bonchev–Trinajstić information content (AvgIpc) is 3.66. The second kappa shape index (κ2) is 9.58. The van der Waals surface area contributed by atoms with E-state index in [1.165, 1.54) is 0 Å². The van der Waals surface area contributed by atoms with Gasteiger partial charge in [0.1, 0.15) is 0 Å². The smallest absolute Gasteiger partial charge is 0.235 e. The van der Waals surface area contributed by atoms with Gasteiger partial charge in [0.15, 0.2) is 0 Å². The molecule has 0 saturated heterocycles. The van der Waals surface area contributed by atoms with Crippen LogP contribution in [0.1, 0.15) is 0 Å². The molecule has 0 saturated carbocycles. The van der Waals surface area contributed by atoms with E-state index in [0.29, 0.717) is 5.95 Å². The van der Waals surface area contributed by atoms with E-state index in [9.17, 15) is 0 Å². The molecule has 0 amide bonds. The maximum Gasteiger partial charge on any atom is 0.235 e. The predicted molar refractivity (Wildman–Crippen MR) is 189 cm³/mol. The third-order valence-corrected chi connectivity index (χ3v) is 9.14. The van der Waals surface area contributed by atoms with Crippen LogP contribution in [0.4, 0.5) is 0 Å². The van der Waals surface area contributed by atoms with Crippen LogP contribution in [0.15, 0.2) is 152 Å². The molecule has 0 unspecified atom stereocenters. The van der Waals surface area contributed by atoms with Crippen LogP contribution in [0.25, 0.3) is 88.3 Å². The predicted octanol–water partition coefficient (Wildman–Crippen LogP) is 10.0. The summed E-state index contributed by atoms with van der Waals surface area (Å²) in [5, 5.41) is 6.72. The molecule has 0 bridgehead atoms. The van der Waals surface area contributed by atoms with Crippen LogP contribution >= 0.6 is 0 Å². The Hall–Kier alpha value is -6.33. The molecule has 5 nitrogen and oxygen atoms in total. The molecule has 0 aliphatic carbocycles. The minimum atomic E-state index is 0.643. The van der Waals surface area contributed by atoms with Crippen LogP contribution in [-0.2, 0) is 0 Å². The van der Waals surface area contributed by atoms with Gasteiger partial charge < -0.3 is 4.57 Å². The van der Waals surface area contributed by atoms with Gasteiger partial charge in [-0.1, -0.05) is 109 Å². The highest BCUT2D eigenvalue weighted by Crippen LogP contribution is 2.46. The van der Waals surface area contributed by atoms with Crippen LogP contribution in [0.5, 0.6) is 0 Å². The summed E-state index contributed by atoms with van der Waals surface area (Å²) in [6, 6.07) is 50.8. The summed E-state index contributed by atoms with van der Waals surface area (Å²) < 4.78 is 4.64. The molecule has 0 spiro atoms. The summed E-state index contributed by atoms with van der Waals surface area (Å²) in [6.07, 6.45) is 1.90. The van der Waals surface area contributed by atoms with Crippen molar-refractivity contribution in [3.05, 3.63) is 152 Å². The Morgan fingerprint density at radius 1 is 0.435 bits per heavy atom. The Kier molecular flexibility index (Phi) is 5.22. The second-order valence-electron chi connectivity index (χ2n) is 11.6. The Labute approximate surface area is 263 Å². The molecule has 10 rings (SSSR count). The number of fused-ring (bicyclic) bond motifs is 11. The first-order valence-electron chi connectivity index (χ1n) is 15.5. The van der Waals surface area contributed by atoms with Crippen molar-refractivity contribution in [2.24, 2.45) is 0 Å². The molecule has 0 atom stereocenters. The fourth-order valence-electron chi connectivity index (χ4n) is 7.28. The normalized spacial score (nSPS) is 11.9. The van der Waals surface area contributed by atoms with E-state index in [4.69, 9.17) is 15.0 Å². The number of hydrogen-bond donors (Lipinski definition) is 0. The second-order valence-corrected chi connectivity index (χ2v) is 11.6. The van der Waals surface area contributed by atoms with Crippen molar-refractivity contribution in [3.8, 4) is 22.9 Å². The molecule has 0 aliphatic rings. The molecule has 0 fully saturated rings. The fourth-order valence-corrected chi connectivity index (χ4v) is 7.28. The molecule has 214 valence electrons. The van der Waals surface area contributed by atoms with Crippen LogP contribution in [-0.4, -0.2) is 24.1 Å². The number of hydrogen-bond acceptors (Lipinski definition) is 3. The lowest BCUT2D eigenvalue weighted by Gasteiger charge is -2.13. The van der Waals surface area contributed by atoms with E-state index in [1.807, 2.05) is 24.4 Å². The Morgan fingerprint density at radius 3 is 1.83 bits per heavy atom. The summed E-state index contributed by atoms with van der Waals surface area (Å²) in [6.45, 7) is 0. The molecule has 5 heteroatoms. The number of rotatable bonds is 3. The van der Waals surface area contributed by atoms with Gasteiger partial charge in [-0.3, -0.25) is 9.55 Å². The largest absolute Gasteiger partial charge is 0.307 e. The lowest BCUT2D eigenvalue weighted by atomic mass is 10.0. The van der Waals surface area contributed by atoms with Crippen LogP contribution in [0.2, 0.25) is 0 Å². The molecule has 10 aromatic rings. The minimum absolute atomic E-state index is 0.643. The number of para-hydroxylation sites is 4.